The summed E-state index contributed by atoms with van der Waals surface area (Å²) in [5.41, 5.74) is -0.0987. The lowest BCUT2D eigenvalue weighted by molar-refractivity contribution is -0.142. The Balaban J connectivity index is 2.89. The van der Waals surface area contributed by atoms with E-state index in [2.05, 4.69) is 4.74 Å². The topological polar surface area (TPSA) is 26.3 Å². The molecule has 0 fully saturated rings. The maximum Gasteiger partial charge on any atom is 0.310 e. The zero-order valence-corrected chi connectivity index (χ0v) is 8.78. The number of carbonyl (C=O) groups excluding carboxylic acids is 1. The van der Waals surface area contributed by atoms with Gasteiger partial charge in [0.1, 0.15) is 11.6 Å². The Labute approximate surface area is 90.8 Å². The highest BCUT2D eigenvalue weighted by molar-refractivity contribution is 6.30. The molecule has 0 spiro atoms. The molecule has 0 aliphatic carbocycles. The van der Waals surface area contributed by atoms with Crippen molar-refractivity contribution in [2.45, 2.75) is 13.3 Å². The van der Waals surface area contributed by atoms with E-state index in [1.807, 2.05) is 0 Å². The van der Waals surface area contributed by atoms with Crippen molar-refractivity contribution in [3.05, 3.63) is 34.4 Å². The van der Waals surface area contributed by atoms with Gasteiger partial charge in [-0.25, -0.2) is 8.78 Å². The van der Waals surface area contributed by atoms with Gasteiger partial charge in [0.05, 0.1) is 18.1 Å². The first-order valence-corrected chi connectivity index (χ1v) is 4.71. The van der Waals surface area contributed by atoms with Gasteiger partial charge in [0, 0.05) is 5.56 Å². The molecule has 0 aliphatic rings. The molecule has 1 rings (SSSR count). The summed E-state index contributed by atoms with van der Waals surface area (Å²) >= 11 is 5.41. The third kappa shape index (κ3) is 3.16. The highest BCUT2D eigenvalue weighted by Crippen LogP contribution is 2.20. The van der Waals surface area contributed by atoms with Crippen LogP contribution in [0.3, 0.4) is 0 Å². The molecule has 1 aromatic rings. The van der Waals surface area contributed by atoms with Gasteiger partial charge in [0.15, 0.2) is 0 Å². The van der Waals surface area contributed by atoms with E-state index in [1.54, 1.807) is 6.92 Å². The summed E-state index contributed by atoms with van der Waals surface area (Å²) in [5.74, 6) is -2.08. The second-order valence-electron chi connectivity index (χ2n) is 2.84. The molecule has 2 nitrogen and oxygen atoms in total. The van der Waals surface area contributed by atoms with Crippen LogP contribution in [0.15, 0.2) is 12.1 Å². The molecule has 0 bridgehead atoms. The normalized spacial score (nSPS) is 10.1. The smallest absolute Gasteiger partial charge is 0.310 e. The number of esters is 1. The molecule has 0 atom stereocenters. The highest BCUT2D eigenvalue weighted by atomic mass is 35.5. The van der Waals surface area contributed by atoms with Crippen molar-refractivity contribution in [2.75, 3.05) is 6.61 Å². The number of benzene rings is 1. The largest absolute Gasteiger partial charge is 0.466 e. The number of halogens is 3. The number of carbonyl (C=O) groups is 1. The van der Waals surface area contributed by atoms with Gasteiger partial charge in [0.2, 0.25) is 0 Å². The number of ether oxygens (including phenoxy) is 1. The molecule has 0 saturated carbocycles. The lowest BCUT2D eigenvalue weighted by Gasteiger charge is -2.04. The predicted molar refractivity (Wildman–Crippen MR) is 51.7 cm³/mol. The SMILES string of the molecule is CCOC(=O)Cc1cc(F)cc(Cl)c1F. The minimum atomic E-state index is -0.786. The van der Waals surface area contributed by atoms with Crippen LogP contribution in [0.2, 0.25) is 5.02 Å². The van der Waals surface area contributed by atoms with Crippen molar-refractivity contribution in [1.82, 2.24) is 0 Å². The van der Waals surface area contributed by atoms with Gasteiger partial charge in [-0.05, 0) is 19.1 Å². The van der Waals surface area contributed by atoms with Crippen LogP contribution in [0.25, 0.3) is 0 Å². The van der Waals surface area contributed by atoms with E-state index in [-0.39, 0.29) is 23.6 Å². The molecule has 0 amide bonds. The van der Waals surface area contributed by atoms with Crippen LogP contribution >= 0.6 is 11.6 Å². The van der Waals surface area contributed by atoms with Crippen LogP contribution < -0.4 is 0 Å². The molecule has 1 aromatic carbocycles. The third-order valence-corrected chi connectivity index (χ3v) is 1.98. The van der Waals surface area contributed by atoms with Gasteiger partial charge in [-0.15, -0.1) is 0 Å². The van der Waals surface area contributed by atoms with E-state index in [1.165, 1.54) is 0 Å². The Morgan fingerprint density at radius 3 is 2.73 bits per heavy atom. The van der Waals surface area contributed by atoms with Crippen LogP contribution in [-0.4, -0.2) is 12.6 Å². The molecular formula is C10H9ClF2O2. The highest BCUT2D eigenvalue weighted by Gasteiger charge is 2.13. The molecular weight excluding hydrogens is 226 g/mol. The predicted octanol–water partition coefficient (Wildman–Crippen LogP) is 2.72. The summed E-state index contributed by atoms with van der Waals surface area (Å²) in [6.45, 7) is 1.83. The summed E-state index contributed by atoms with van der Waals surface area (Å²) in [5, 5.41) is -0.339. The van der Waals surface area contributed by atoms with E-state index in [4.69, 9.17) is 11.6 Å². The maximum atomic E-state index is 13.3. The van der Waals surface area contributed by atoms with Gasteiger partial charge in [-0.2, -0.15) is 0 Å². The minimum Gasteiger partial charge on any atom is -0.466 e. The zero-order chi connectivity index (χ0) is 11.4. The monoisotopic (exact) mass is 234 g/mol. The molecule has 0 aromatic heterocycles. The van der Waals surface area contributed by atoms with Crippen LogP contribution in [0.5, 0.6) is 0 Å². The Hall–Kier alpha value is -1.16. The number of hydrogen-bond acceptors (Lipinski definition) is 2. The summed E-state index contributed by atoms with van der Waals surface area (Å²) in [6, 6.07) is 1.78. The van der Waals surface area contributed by atoms with Crippen molar-refractivity contribution in [1.29, 1.82) is 0 Å². The summed E-state index contributed by atoms with van der Waals surface area (Å²) < 4.78 is 30.7. The summed E-state index contributed by atoms with van der Waals surface area (Å²) in [7, 11) is 0. The minimum absolute atomic E-state index is 0.0987. The molecule has 82 valence electrons. The maximum absolute atomic E-state index is 13.3. The fourth-order valence-corrected chi connectivity index (χ4v) is 1.33. The number of hydrogen-bond donors (Lipinski definition) is 0. The van der Waals surface area contributed by atoms with Crippen molar-refractivity contribution in [2.24, 2.45) is 0 Å². The molecule has 0 saturated heterocycles. The first-order valence-electron chi connectivity index (χ1n) is 4.33. The van der Waals surface area contributed by atoms with E-state index < -0.39 is 17.6 Å². The van der Waals surface area contributed by atoms with Gasteiger partial charge in [-0.3, -0.25) is 4.79 Å². The third-order valence-electron chi connectivity index (χ3n) is 1.71. The van der Waals surface area contributed by atoms with Crippen molar-refractivity contribution < 1.29 is 18.3 Å². The quantitative estimate of drug-likeness (QED) is 0.594. The van der Waals surface area contributed by atoms with Crippen molar-refractivity contribution in [3.8, 4) is 0 Å². The Bertz CT molecular complexity index is 380. The van der Waals surface area contributed by atoms with Crippen LogP contribution in [-0.2, 0) is 16.0 Å². The second-order valence-corrected chi connectivity index (χ2v) is 3.25. The summed E-state index contributed by atoms with van der Waals surface area (Å²) in [4.78, 5) is 11.0. The number of rotatable bonds is 3. The average molecular weight is 235 g/mol. The standard InChI is InChI=1S/C10H9ClF2O2/c1-2-15-9(14)4-6-3-7(12)5-8(11)10(6)13/h3,5H,2,4H2,1H3. The van der Waals surface area contributed by atoms with Crippen LogP contribution in [0, 0.1) is 11.6 Å². The molecule has 0 N–H and O–H groups in total. The Kier molecular flexibility index (Phi) is 4.03. The van der Waals surface area contributed by atoms with E-state index in [0.717, 1.165) is 12.1 Å². The van der Waals surface area contributed by atoms with Gasteiger partial charge < -0.3 is 4.74 Å². The molecule has 15 heavy (non-hydrogen) atoms. The molecule has 0 radical (unpaired) electrons. The fourth-order valence-electron chi connectivity index (χ4n) is 1.11. The first kappa shape index (κ1) is 11.9. The van der Waals surface area contributed by atoms with Gasteiger partial charge in [0.25, 0.3) is 0 Å². The first-order chi connectivity index (χ1) is 7.04. The second kappa shape index (κ2) is 5.07. The molecule has 0 aliphatic heterocycles. The molecule has 5 heteroatoms. The fraction of sp³-hybridized carbons (Fsp3) is 0.300. The Morgan fingerprint density at radius 1 is 1.47 bits per heavy atom. The van der Waals surface area contributed by atoms with Crippen LogP contribution in [0.1, 0.15) is 12.5 Å². The van der Waals surface area contributed by atoms with E-state index in [0.29, 0.717) is 0 Å². The molecule has 0 heterocycles. The lowest BCUT2D eigenvalue weighted by Crippen LogP contribution is -2.09. The van der Waals surface area contributed by atoms with Crippen molar-refractivity contribution in [3.63, 3.8) is 0 Å². The van der Waals surface area contributed by atoms with E-state index >= 15 is 0 Å². The average Bonchev–Trinajstić information content (AvgIpc) is 2.13. The van der Waals surface area contributed by atoms with Gasteiger partial charge in [-0.1, -0.05) is 11.6 Å². The lowest BCUT2D eigenvalue weighted by atomic mass is 10.1. The Morgan fingerprint density at radius 2 is 2.13 bits per heavy atom. The molecule has 0 unspecified atom stereocenters. The summed E-state index contributed by atoms with van der Waals surface area (Å²) in [6.07, 6.45) is -0.322. The van der Waals surface area contributed by atoms with Crippen LogP contribution in [0.4, 0.5) is 8.78 Å². The van der Waals surface area contributed by atoms with Gasteiger partial charge >= 0.3 is 5.97 Å². The van der Waals surface area contributed by atoms with E-state index in [9.17, 15) is 13.6 Å². The van der Waals surface area contributed by atoms with Crippen molar-refractivity contribution >= 4 is 17.6 Å². The zero-order valence-electron chi connectivity index (χ0n) is 8.02.